The van der Waals surface area contributed by atoms with Gasteiger partial charge in [-0.25, -0.2) is 0 Å². The van der Waals surface area contributed by atoms with Crippen LogP contribution < -0.4 is 5.32 Å². The highest BCUT2D eigenvalue weighted by Gasteiger charge is 2.31. The van der Waals surface area contributed by atoms with Gasteiger partial charge in [0.2, 0.25) is 0 Å². The Kier molecular flexibility index (Phi) is 3.60. The Balaban J connectivity index is 2.08. The Morgan fingerprint density at radius 2 is 2.06 bits per heavy atom. The van der Waals surface area contributed by atoms with Crippen molar-refractivity contribution < 1.29 is 9.90 Å². The number of nitrogens with one attached hydrogen (secondary N) is 1. The molecule has 3 nitrogen and oxygen atoms in total. The lowest BCUT2D eigenvalue weighted by Crippen LogP contribution is -2.37. The lowest BCUT2D eigenvalue weighted by Gasteiger charge is -2.20. The van der Waals surface area contributed by atoms with Gasteiger partial charge in [0.1, 0.15) is 5.75 Å². The van der Waals surface area contributed by atoms with Gasteiger partial charge in [-0.05, 0) is 49.3 Å². The molecular weight excluding hydrogens is 226 g/mol. The van der Waals surface area contributed by atoms with Crippen molar-refractivity contribution in [3.05, 3.63) is 29.3 Å². The van der Waals surface area contributed by atoms with Crippen LogP contribution in [0.5, 0.6) is 5.75 Å². The van der Waals surface area contributed by atoms with E-state index in [-0.39, 0.29) is 17.7 Å². The predicted octanol–water partition coefficient (Wildman–Crippen LogP) is 2.87. The molecule has 2 rings (SSSR count). The quantitative estimate of drug-likeness (QED) is 0.844. The van der Waals surface area contributed by atoms with E-state index in [9.17, 15) is 9.90 Å². The largest absolute Gasteiger partial charge is 0.507 e. The van der Waals surface area contributed by atoms with E-state index in [0.717, 1.165) is 18.4 Å². The van der Waals surface area contributed by atoms with Crippen LogP contribution in [-0.2, 0) is 0 Å². The molecule has 0 bridgehead atoms. The van der Waals surface area contributed by atoms with Crippen molar-refractivity contribution in [2.24, 2.45) is 11.8 Å². The monoisotopic (exact) mass is 247 g/mol. The van der Waals surface area contributed by atoms with E-state index in [4.69, 9.17) is 0 Å². The van der Waals surface area contributed by atoms with E-state index in [2.05, 4.69) is 19.2 Å². The minimum Gasteiger partial charge on any atom is -0.507 e. The molecule has 18 heavy (non-hydrogen) atoms. The number of aromatic hydroxyl groups is 1. The highest BCUT2D eigenvalue weighted by atomic mass is 16.3. The third-order valence-corrected chi connectivity index (χ3v) is 4.18. The Morgan fingerprint density at radius 1 is 1.33 bits per heavy atom. The van der Waals surface area contributed by atoms with Crippen LogP contribution in [0.15, 0.2) is 18.2 Å². The third-order valence-electron chi connectivity index (χ3n) is 4.18. The molecule has 3 atom stereocenters. The number of phenols is 1. The van der Waals surface area contributed by atoms with Gasteiger partial charge in [-0.15, -0.1) is 0 Å². The third kappa shape index (κ3) is 2.50. The van der Waals surface area contributed by atoms with Crippen molar-refractivity contribution in [2.45, 2.75) is 39.7 Å². The minimum atomic E-state index is -0.168. The SMILES string of the molecule is Cc1ccc(C(=O)NC2CCC(C)C2C)c(O)c1. The summed E-state index contributed by atoms with van der Waals surface area (Å²) in [5.41, 5.74) is 1.32. The summed E-state index contributed by atoms with van der Waals surface area (Å²) < 4.78 is 0. The maximum Gasteiger partial charge on any atom is 0.255 e. The number of aryl methyl sites for hydroxylation is 1. The van der Waals surface area contributed by atoms with Gasteiger partial charge in [0.05, 0.1) is 5.56 Å². The van der Waals surface area contributed by atoms with Crippen molar-refractivity contribution in [3.8, 4) is 5.75 Å². The van der Waals surface area contributed by atoms with Crippen molar-refractivity contribution in [2.75, 3.05) is 0 Å². The van der Waals surface area contributed by atoms with Crippen molar-refractivity contribution >= 4 is 5.91 Å². The fourth-order valence-electron chi connectivity index (χ4n) is 2.65. The second-order valence-electron chi connectivity index (χ2n) is 5.51. The van der Waals surface area contributed by atoms with E-state index in [1.54, 1.807) is 12.1 Å². The number of benzene rings is 1. The molecule has 1 aromatic rings. The lowest BCUT2D eigenvalue weighted by molar-refractivity contribution is 0.0924. The van der Waals surface area contributed by atoms with E-state index in [1.807, 2.05) is 13.0 Å². The highest BCUT2D eigenvalue weighted by Crippen LogP contribution is 2.31. The highest BCUT2D eigenvalue weighted by molar-refractivity contribution is 5.97. The van der Waals surface area contributed by atoms with Crippen LogP contribution in [-0.4, -0.2) is 17.1 Å². The fourth-order valence-corrected chi connectivity index (χ4v) is 2.65. The zero-order valence-electron chi connectivity index (χ0n) is 11.2. The van der Waals surface area contributed by atoms with Crippen molar-refractivity contribution in [1.29, 1.82) is 0 Å². The van der Waals surface area contributed by atoms with E-state index < -0.39 is 0 Å². The van der Waals surface area contributed by atoms with E-state index in [0.29, 0.717) is 17.4 Å². The van der Waals surface area contributed by atoms with Crippen molar-refractivity contribution in [1.82, 2.24) is 5.32 Å². The van der Waals surface area contributed by atoms with E-state index >= 15 is 0 Å². The summed E-state index contributed by atoms with van der Waals surface area (Å²) in [6, 6.07) is 5.38. The first-order valence-corrected chi connectivity index (χ1v) is 6.59. The number of carbonyl (C=O) groups is 1. The molecular formula is C15H21NO2. The molecule has 1 aromatic carbocycles. The number of hydrogen-bond donors (Lipinski definition) is 2. The molecule has 1 aliphatic rings. The molecule has 0 aliphatic heterocycles. The van der Waals surface area contributed by atoms with Crippen molar-refractivity contribution in [3.63, 3.8) is 0 Å². The Morgan fingerprint density at radius 3 is 2.61 bits per heavy atom. The summed E-state index contributed by atoms with van der Waals surface area (Å²) in [7, 11) is 0. The van der Waals surface area contributed by atoms with Crippen LogP contribution in [0.25, 0.3) is 0 Å². The van der Waals surface area contributed by atoms with Gasteiger partial charge >= 0.3 is 0 Å². The van der Waals surface area contributed by atoms with Crippen LogP contribution in [0, 0.1) is 18.8 Å². The number of amides is 1. The van der Waals surface area contributed by atoms with Gasteiger partial charge < -0.3 is 10.4 Å². The average Bonchev–Trinajstić information content (AvgIpc) is 2.61. The first-order valence-electron chi connectivity index (χ1n) is 6.59. The van der Waals surface area contributed by atoms with Gasteiger partial charge in [0, 0.05) is 6.04 Å². The molecule has 3 unspecified atom stereocenters. The zero-order chi connectivity index (χ0) is 13.3. The fraction of sp³-hybridized carbons (Fsp3) is 0.533. The van der Waals surface area contributed by atoms with Crippen LogP contribution in [0.2, 0.25) is 0 Å². The number of rotatable bonds is 2. The maximum atomic E-state index is 12.1. The van der Waals surface area contributed by atoms with Crippen LogP contribution >= 0.6 is 0 Å². The summed E-state index contributed by atoms with van der Waals surface area (Å²) >= 11 is 0. The average molecular weight is 247 g/mol. The zero-order valence-corrected chi connectivity index (χ0v) is 11.2. The summed E-state index contributed by atoms with van der Waals surface area (Å²) in [6.07, 6.45) is 2.19. The van der Waals surface area contributed by atoms with Gasteiger partial charge in [0.15, 0.2) is 0 Å². The normalized spacial score (nSPS) is 27.2. The van der Waals surface area contributed by atoms with E-state index in [1.165, 1.54) is 0 Å². The molecule has 1 amide bonds. The molecule has 0 saturated heterocycles. The second kappa shape index (κ2) is 5.01. The van der Waals surface area contributed by atoms with Gasteiger partial charge in [-0.2, -0.15) is 0 Å². The standard InChI is InChI=1S/C15H21NO2/c1-9-4-6-12(14(17)8-9)15(18)16-13-7-5-10(2)11(13)3/h4,6,8,10-11,13,17H,5,7H2,1-3H3,(H,16,18). The number of hydrogen-bond acceptors (Lipinski definition) is 2. The predicted molar refractivity (Wildman–Crippen MR) is 71.7 cm³/mol. The molecule has 1 fully saturated rings. The van der Waals surface area contributed by atoms with Gasteiger partial charge in [0.25, 0.3) is 5.91 Å². The molecule has 0 radical (unpaired) electrons. The number of carbonyl (C=O) groups excluding carboxylic acids is 1. The van der Waals surface area contributed by atoms with Crippen LogP contribution in [0.4, 0.5) is 0 Å². The summed E-state index contributed by atoms with van der Waals surface area (Å²) in [5, 5.41) is 12.8. The van der Waals surface area contributed by atoms with Gasteiger partial charge in [-0.1, -0.05) is 19.9 Å². The molecule has 1 aliphatic carbocycles. The molecule has 98 valence electrons. The summed E-state index contributed by atoms with van der Waals surface area (Å²) in [5.74, 6) is 1.05. The molecule has 0 spiro atoms. The topological polar surface area (TPSA) is 49.3 Å². The minimum absolute atomic E-state index is 0.0613. The Bertz CT molecular complexity index is 456. The first-order chi connectivity index (χ1) is 8.49. The first kappa shape index (κ1) is 12.9. The Hall–Kier alpha value is -1.51. The lowest BCUT2D eigenvalue weighted by atomic mass is 9.97. The van der Waals surface area contributed by atoms with Crippen LogP contribution in [0.3, 0.4) is 0 Å². The second-order valence-corrected chi connectivity index (χ2v) is 5.51. The maximum absolute atomic E-state index is 12.1. The molecule has 3 heteroatoms. The molecule has 0 aromatic heterocycles. The Labute approximate surface area is 108 Å². The number of phenolic OH excluding ortho intramolecular Hbond substituents is 1. The molecule has 0 heterocycles. The van der Waals surface area contributed by atoms with Gasteiger partial charge in [-0.3, -0.25) is 4.79 Å². The molecule has 2 N–H and O–H groups in total. The smallest absolute Gasteiger partial charge is 0.255 e. The summed E-state index contributed by atoms with van der Waals surface area (Å²) in [6.45, 7) is 6.29. The van der Waals surface area contributed by atoms with Crippen LogP contribution in [0.1, 0.15) is 42.6 Å². The summed E-state index contributed by atoms with van der Waals surface area (Å²) in [4.78, 5) is 12.1. The molecule has 1 saturated carbocycles.